The summed E-state index contributed by atoms with van der Waals surface area (Å²) in [6, 6.07) is 17.5. The molecule has 0 bridgehead atoms. The highest BCUT2D eigenvalue weighted by Gasteiger charge is 2.17. The van der Waals surface area contributed by atoms with E-state index in [0.29, 0.717) is 5.52 Å². The number of carbonyl (C=O) groups is 1. The summed E-state index contributed by atoms with van der Waals surface area (Å²) in [6.07, 6.45) is 1.77. The summed E-state index contributed by atoms with van der Waals surface area (Å²) in [6.45, 7) is 3.90. The highest BCUT2D eigenvalue weighted by atomic mass is 16.2. The van der Waals surface area contributed by atoms with Gasteiger partial charge in [-0.3, -0.25) is 14.9 Å². The molecule has 148 valence electrons. The third-order valence-electron chi connectivity index (χ3n) is 5.20. The van der Waals surface area contributed by atoms with Crippen molar-refractivity contribution in [3.8, 4) is 11.3 Å². The second-order valence-electron chi connectivity index (χ2n) is 7.36. The Kier molecular flexibility index (Phi) is 4.28. The average molecular weight is 396 g/mol. The van der Waals surface area contributed by atoms with Crippen LogP contribution in [0.3, 0.4) is 0 Å². The lowest BCUT2D eigenvalue weighted by molar-refractivity contribution is 0.0930. The SMILES string of the molecule is Cc1cc(-c2n[nH]c3cc4[nH]c(C(=O)N[C@H](C)c5ccccc5)nc4cc23)ccn1. The van der Waals surface area contributed by atoms with Crippen molar-refractivity contribution in [1.29, 1.82) is 0 Å². The second kappa shape index (κ2) is 7.11. The van der Waals surface area contributed by atoms with Gasteiger partial charge in [0.2, 0.25) is 0 Å². The molecule has 7 heteroatoms. The molecule has 3 aromatic heterocycles. The van der Waals surface area contributed by atoms with Crippen molar-refractivity contribution in [3.05, 3.63) is 77.9 Å². The number of aromatic amines is 2. The fourth-order valence-electron chi connectivity index (χ4n) is 3.63. The third kappa shape index (κ3) is 3.20. The van der Waals surface area contributed by atoms with Gasteiger partial charge in [0.25, 0.3) is 5.91 Å². The van der Waals surface area contributed by atoms with Crippen molar-refractivity contribution >= 4 is 27.8 Å². The van der Waals surface area contributed by atoms with Gasteiger partial charge in [-0.05, 0) is 43.7 Å². The van der Waals surface area contributed by atoms with E-state index >= 15 is 0 Å². The van der Waals surface area contributed by atoms with Crippen molar-refractivity contribution in [2.75, 3.05) is 0 Å². The molecule has 3 N–H and O–H groups in total. The average Bonchev–Trinajstić information content (AvgIpc) is 3.36. The number of fused-ring (bicyclic) bond motifs is 2. The standard InChI is InChI=1S/C23H20N6O/c1-13-10-16(8-9-24-13)21-17-11-19-20(12-18(17)28-29-21)27-22(26-19)23(30)25-14(2)15-6-4-3-5-7-15/h3-12,14H,1-2H3,(H,25,30)(H,26,27)(H,28,29)/t14-/m1/s1. The molecule has 0 aliphatic carbocycles. The Balaban J connectivity index is 1.48. The van der Waals surface area contributed by atoms with E-state index in [1.807, 2.05) is 68.4 Å². The molecule has 0 spiro atoms. The smallest absolute Gasteiger partial charge is 0.287 e. The zero-order valence-corrected chi connectivity index (χ0v) is 16.6. The highest BCUT2D eigenvalue weighted by molar-refractivity contribution is 6.02. The van der Waals surface area contributed by atoms with Crippen molar-refractivity contribution in [2.24, 2.45) is 0 Å². The van der Waals surface area contributed by atoms with Gasteiger partial charge in [0.15, 0.2) is 5.82 Å². The number of aromatic nitrogens is 5. The van der Waals surface area contributed by atoms with Crippen LogP contribution < -0.4 is 5.32 Å². The highest BCUT2D eigenvalue weighted by Crippen LogP contribution is 2.29. The molecule has 1 atom stereocenters. The van der Waals surface area contributed by atoms with Crippen molar-refractivity contribution in [1.82, 2.24) is 30.5 Å². The number of benzene rings is 2. The van der Waals surface area contributed by atoms with Gasteiger partial charge in [-0.1, -0.05) is 30.3 Å². The van der Waals surface area contributed by atoms with Gasteiger partial charge in [0, 0.05) is 22.8 Å². The van der Waals surface area contributed by atoms with E-state index in [-0.39, 0.29) is 17.8 Å². The number of H-pyrrole nitrogens is 2. The number of nitrogens with one attached hydrogen (secondary N) is 3. The van der Waals surface area contributed by atoms with E-state index < -0.39 is 0 Å². The number of hydrogen-bond acceptors (Lipinski definition) is 4. The molecule has 0 aliphatic rings. The number of pyridine rings is 1. The number of aryl methyl sites for hydroxylation is 1. The first-order valence-corrected chi connectivity index (χ1v) is 9.75. The molecule has 0 fully saturated rings. The maximum absolute atomic E-state index is 12.7. The lowest BCUT2D eigenvalue weighted by atomic mass is 10.1. The maximum Gasteiger partial charge on any atom is 0.287 e. The number of nitrogens with zero attached hydrogens (tertiary/aromatic N) is 3. The fraction of sp³-hybridized carbons (Fsp3) is 0.130. The largest absolute Gasteiger partial charge is 0.343 e. The van der Waals surface area contributed by atoms with Crippen LogP contribution in [0.4, 0.5) is 0 Å². The molecule has 5 aromatic rings. The molecular weight excluding hydrogens is 376 g/mol. The van der Waals surface area contributed by atoms with Crippen LogP contribution in [0.2, 0.25) is 0 Å². The topological polar surface area (TPSA) is 99.3 Å². The van der Waals surface area contributed by atoms with Gasteiger partial charge >= 0.3 is 0 Å². The minimum atomic E-state index is -0.241. The Labute approximate surface area is 172 Å². The third-order valence-corrected chi connectivity index (χ3v) is 5.20. The molecule has 0 radical (unpaired) electrons. The monoisotopic (exact) mass is 396 g/mol. The first-order valence-electron chi connectivity index (χ1n) is 9.75. The summed E-state index contributed by atoms with van der Waals surface area (Å²) in [5.41, 5.74) is 6.16. The molecule has 1 amide bonds. The molecule has 3 heterocycles. The lowest BCUT2D eigenvalue weighted by Gasteiger charge is -2.12. The van der Waals surface area contributed by atoms with E-state index in [0.717, 1.165) is 38.9 Å². The molecular formula is C23H20N6O. The van der Waals surface area contributed by atoms with Gasteiger partial charge in [0.05, 0.1) is 22.6 Å². The van der Waals surface area contributed by atoms with Gasteiger partial charge in [-0.2, -0.15) is 5.10 Å². The van der Waals surface area contributed by atoms with Crippen LogP contribution in [0, 0.1) is 6.92 Å². The Hall–Kier alpha value is -4.00. The molecule has 0 saturated heterocycles. The van der Waals surface area contributed by atoms with Crippen LogP contribution in [-0.2, 0) is 0 Å². The molecule has 0 saturated carbocycles. The van der Waals surface area contributed by atoms with Crippen LogP contribution >= 0.6 is 0 Å². The number of carbonyl (C=O) groups excluding carboxylic acids is 1. The van der Waals surface area contributed by atoms with E-state index in [1.165, 1.54) is 0 Å². The van der Waals surface area contributed by atoms with E-state index in [2.05, 4.69) is 30.5 Å². The molecule has 5 rings (SSSR count). The summed E-state index contributed by atoms with van der Waals surface area (Å²) >= 11 is 0. The first-order chi connectivity index (χ1) is 14.6. The first kappa shape index (κ1) is 18.1. The number of imidazole rings is 1. The number of amides is 1. The van der Waals surface area contributed by atoms with Gasteiger partial charge < -0.3 is 10.3 Å². The Morgan fingerprint density at radius 2 is 1.90 bits per heavy atom. The van der Waals surface area contributed by atoms with Crippen molar-refractivity contribution < 1.29 is 4.79 Å². The number of hydrogen-bond donors (Lipinski definition) is 3. The second-order valence-corrected chi connectivity index (χ2v) is 7.36. The Morgan fingerprint density at radius 1 is 1.07 bits per heavy atom. The van der Waals surface area contributed by atoms with Gasteiger partial charge in [-0.25, -0.2) is 4.98 Å². The molecule has 0 aliphatic heterocycles. The summed E-state index contributed by atoms with van der Waals surface area (Å²) in [5, 5.41) is 11.5. The van der Waals surface area contributed by atoms with Crippen LogP contribution in [0.1, 0.15) is 34.8 Å². The maximum atomic E-state index is 12.7. The van der Waals surface area contributed by atoms with Gasteiger partial charge in [-0.15, -0.1) is 0 Å². The summed E-state index contributed by atoms with van der Waals surface area (Å²) in [4.78, 5) is 24.6. The van der Waals surface area contributed by atoms with Crippen LogP contribution in [0.15, 0.2) is 60.8 Å². The summed E-state index contributed by atoms with van der Waals surface area (Å²) in [7, 11) is 0. The zero-order chi connectivity index (χ0) is 20.7. The van der Waals surface area contributed by atoms with Gasteiger partial charge in [0.1, 0.15) is 5.69 Å². The van der Waals surface area contributed by atoms with E-state index in [1.54, 1.807) is 6.20 Å². The summed E-state index contributed by atoms with van der Waals surface area (Å²) in [5.74, 6) is 0.0454. The van der Waals surface area contributed by atoms with E-state index in [4.69, 9.17) is 0 Å². The van der Waals surface area contributed by atoms with Crippen molar-refractivity contribution in [3.63, 3.8) is 0 Å². The zero-order valence-electron chi connectivity index (χ0n) is 16.6. The number of rotatable bonds is 4. The minimum Gasteiger partial charge on any atom is -0.343 e. The molecule has 7 nitrogen and oxygen atoms in total. The predicted molar refractivity (Wildman–Crippen MR) is 116 cm³/mol. The van der Waals surface area contributed by atoms with E-state index in [9.17, 15) is 4.79 Å². The summed E-state index contributed by atoms with van der Waals surface area (Å²) < 4.78 is 0. The van der Waals surface area contributed by atoms with Crippen LogP contribution in [-0.4, -0.2) is 31.1 Å². The molecule has 30 heavy (non-hydrogen) atoms. The predicted octanol–water partition coefficient (Wildman–Crippen LogP) is 4.30. The lowest BCUT2D eigenvalue weighted by Crippen LogP contribution is -2.27. The fourth-order valence-corrected chi connectivity index (χ4v) is 3.63. The minimum absolute atomic E-state index is 0.118. The quantitative estimate of drug-likeness (QED) is 0.422. The Bertz CT molecular complexity index is 1370. The molecule has 0 unspecified atom stereocenters. The molecule has 2 aromatic carbocycles. The van der Waals surface area contributed by atoms with Crippen molar-refractivity contribution in [2.45, 2.75) is 19.9 Å². The normalized spacial score (nSPS) is 12.3. The van der Waals surface area contributed by atoms with Crippen LogP contribution in [0.25, 0.3) is 33.2 Å². The Morgan fingerprint density at radius 3 is 2.70 bits per heavy atom. The van der Waals surface area contributed by atoms with Crippen LogP contribution in [0.5, 0.6) is 0 Å².